The fourth-order valence-corrected chi connectivity index (χ4v) is 2.71. The van der Waals surface area contributed by atoms with Crippen LogP contribution in [0.1, 0.15) is 5.56 Å². The summed E-state index contributed by atoms with van der Waals surface area (Å²) in [5.41, 5.74) is 0.645. The van der Waals surface area contributed by atoms with E-state index < -0.39 is 16.0 Å². The molecule has 0 saturated carbocycles. The molecule has 2 rings (SSSR count). The molecule has 0 unspecified atom stereocenters. The Morgan fingerprint density at radius 1 is 1.20 bits per heavy atom. The number of carbonyl (C=O) groups is 1. The molecule has 0 bridgehead atoms. The van der Waals surface area contributed by atoms with Crippen LogP contribution in [-0.2, 0) is 21.2 Å². The molecule has 1 heterocycles. The number of carboxylic acids is 1. The molecule has 20 heavy (non-hydrogen) atoms. The number of benzene rings is 1. The largest absolute Gasteiger partial charge is 0.481 e. The van der Waals surface area contributed by atoms with Gasteiger partial charge in [-0.15, -0.1) is 0 Å². The minimum atomic E-state index is -3.78. The van der Waals surface area contributed by atoms with Crippen LogP contribution in [0.2, 0.25) is 0 Å². The second-order valence-electron chi connectivity index (χ2n) is 4.02. The third kappa shape index (κ3) is 3.33. The smallest absolute Gasteiger partial charge is 0.307 e. The maximum Gasteiger partial charge on any atom is 0.307 e. The first-order valence-corrected chi connectivity index (χ1v) is 7.20. The predicted molar refractivity (Wildman–Crippen MR) is 72.8 cm³/mol. The van der Waals surface area contributed by atoms with E-state index in [1.165, 1.54) is 30.6 Å². The van der Waals surface area contributed by atoms with Crippen LogP contribution in [0.3, 0.4) is 0 Å². The van der Waals surface area contributed by atoms with Crippen molar-refractivity contribution in [2.45, 2.75) is 11.3 Å². The van der Waals surface area contributed by atoms with Crippen LogP contribution in [0.15, 0.2) is 53.7 Å². The van der Waals surface area contributed by atoms with Gasteiger partial charge in [0.2, 0.25) is 0 Å². The van der Waals surface area contributed by atoms with Crippen LogP contribution in [0, 0.1) is 0 Å². The fourth-order valence-electron chi connectivity index (χ4n) is 1.65. The third-order valence-electron chi connectivity index (χ3n) is 2.55. The van der Waals surface area contributed by atoms with Gasteiger partial charge in [0.1, 0.15) is 4.90 Å². The minimum absolute atomic E-state index is 0.0186. The van der Waals surface area contributed by atoms with Crippen molar-refractivity contribution in [3.05, 3.63) is 54.4 Å². The van der Waals surface area contributed by atoms with Crippen molar-refractivity contribution >= 4 is 21.7 Å². The monoisotopic (exact) mass is 292 g/mol. The number of carboxylic acid groups (broad SMARTS) is 1. The number of aliphatic carboxylic acids is 1. The quantitative estimate of drug-likeness (QED) is 0.870. The van der Waals surface area contributed by atoms with Crippen LogP contribution < -0.4 is 4.72 Å². The van der Waals surface area contributed by atoms with Gasteiger partial charge in [-0.25, -0.2) is 8.42 Å². The van der Waals surface area contributed by atoms with Crippen molar-refractivity contribution < 1.29 is 18.3 Å². The number of para-hydroxylation sites is 1. The number of anilines is 1. The van der Waals surface area contributed by atoms with Gasteiger partial charge in [-0.3, -0.25) is 14.5 Å². The number of hydrogen-bond donors (Lipinski definition) is 2. The molecule has 7 heteroatoms. The topological polar surface area (TPSA) is 96.4 Å². The van der Waals surface area contributed by atoms with Gasteiger partial charge in [0.25, 0.3) is 10.0 Å². The van der Waals surface area contributed by atoms with E-state index in [0.717, 1.165) is 0 Å². The molecule has 0 aliphatic heterocycles. The van der Waals surface area contributed by atoms with Crippen LogP contribution >= 0.6 is 0 Å². The van der Waals surface area contributed by atoms with E-state index in [0.29, 0.717) is 5.56 Å². The highest BCUT2D eigenvalue weighted by molar-refractivity contribution is 7.92. The summed E-state index contributed by atoms with van der Waals surface area (Å²) in [4.78, 5) is 14.5. The van der Waals surface area contributed by atoms with Crippen molar-refractivity contribution in [3.63, 3.8) is 0 Å². The van der Waals surface area contributed by atoms with Crippen LogP contribution in [-0.4, -0.2) is 24.5 Å². The van der Waals surface area contributed by atoms with Crippen molar-refractivity contribution in [3.8, 4) is 0 Å². The molecule has 0 spiro atoms. The Balaban J connectivity index is 2.33. The van der Waals surface area contributed by atoms with E-state index in [1.807, 2.05) is 0 Å². The van der Waals surface area contributed by atoms with E-state index in [1.54, 1.807) is 18.2 Å². The molecule has 2 N–H and O–H groups in total. The van der Waals surface area contributed by atoms with E-state index in [-0.39, 0.29) is 17.0 Å². The molecular formula is C13H12N2O4S. The first-order chi connectivity index (χ1) is 9.49. The van der Waals surface area contributed by atoms with Crippen molar-refractivity contribution in [1.82, 2.24) is 4.98 Å². The number of pyridine rings is 1. The first kappa shape index (κ1) is 14.0. The van der Waals surface area contributed by atoms with Gasteiger partial charge in [0, 0.05) is 12.4 Å². The molecule has 0 radical (unpaired) electrons. The summed E-state index contributed by atoms with van der Waals surface area (Å²) >= 11 is 0. The number of sulfonamides is 1. The van der Waals surface area contributed by atoms with Gasteiger partial charge in [-0.2, -0.15) is 0 Å². The average Bonchev–Trinajstić information content (AvgIpc) is 2.41. The van der Waals surface area contributed by atoms with Gasteiger partial charge in [0.05, 0.1) is 12.1 Å². The van der Waals surface area contributed by atoms with Crippen molar-refractivity contribution in [2.24, 2.45) is 0 Å². The normalized spacial score (nSPS) is 11.0. The lowest BCUT2D eigenvalue weighted by molar-refractivity contribution is -0.136. The summed E-state index contributed by atoms with van der Waals surface area (Å²) in [5.74, 6) is -1.03. The zero-order chi connectivity index (χ0) is 14.6. The second kappa shape index (κ2) is 5.70. The summed E-state index contributed by atoms with van der Waals surface area (Å²) in [6.07, 6.45) is 2.44. The first-order valence-electron chi connectivity index (χ1n) is 5.71. The lowest BCUT2D eigenvalue weighted by Gasteiger charge is -2.11. The van der Waals surface area contributed by atoms with E-state index in [9.17, 15) is 13.2 Å². The summed E-state index contributed by atoms with van der Waals surface area (Å²) < 4.78 is 26.7. The molecule has 0 aliphatic carbocycles. The van der Waals surface area contributed by atoms with E-state index in [4.69, 9.17) is 5.11 Å². The van der Waals surface area contributed by atoms with Gasteiger partial charge in [0.15, 0.2) is 0 Å². The standard InChI is InChI=1S/C13H12N2O4S/c16-13(17)8-10-4-1-2-6-12(10)15-20(18,19)11-5-3-7-14-9-11/h1-7,9,15H,8H2,(H,16,17). The highest BCUT2D eigenvalue weighted by Gasteiger charge is 2.16. The lowest BCUT2D eigenvalue weighted by Crippen LogP contribution is -2.15. The molecular weight excluding hydrogens is 280 g/mol. The molecule has 6 nitrogen and oxygen atoms in total. The molecule has 104 valence electrons. The Kier molecular flexibility index (Phi) is 3.99. The lowest BCUT2D eigenvalue weighted by atomic mass is 10.1. The van der Waals surface area contributed by atoms with E-state index >= 15 is 0 Å². The molecule has 0 atom stereocenters. The van der Waals surface area contributed by atoms with Gasteiger partial charge in [-0.05, 0) is 23.8 Å². The molecule has 0 amide bonds. The van der Waals surface area contributed by atoms with Gasteiger partial charge >= 0.3 is 5.97 Å². The highest BCUT2D eigenvalue weighted by atomic mass is 32.2. The molecule has 1 aromatic heterocycles. The number of aromatic nitrogens is 1. The van der Waals surface area contributed by atoms with E-state index in [2.05, 4.69) is 9.71 Å². The predicted octanol–water partition coefficient (Wildman–Crippen LogP) is 1.51. The fraction of sp³-hybridized carbons (Fsp3) is 0.0769. The average molecular weight is 292 g/mol. The summed E-state index contributed by atoms with van der Waals surface area (Å²) in [7, 11) is -3.78. The SMILES string of the molecule is O=C(O)Cc1ccccc1NS(=O)(=O)c1cccnc1. The van der Waals surface area contributed by atoms with Crippen molar-refractivity contribution in [1.29, 1.82) is 0 Å². The number of rotatable bonds is 5. The Hall–Kier alpha value is -2.41. The third-order valence-corrected chi connectivity index (χ3v) is 3.90. The highest BCUT2D eigenvalue weighted by Crippen LogP contribution is 2.20. The molecule has 0 fully saturated rings. The Bertz CT molecular complexity index is 714. The molecule has 0 saturated heterocycles. The van der Waals surface area contributed by atoms with Crippen molar-refractivity contribution in [2.75, 3.05) is 4.72 Å². The second-order valence-corrected chi connectivity index (χ2v) is 5.70. The van der Waals surface area contributed by atoms with Gasteiger partial charge in [-0.1, -0.05) is 18.2 Å². The maximum atomic E-state index is 12.1. The Morgan fingerprint density at radius 3 is 2.60 bits per heavy atom. The molecule has 1 aromatic carbocycles. The number of nitrogens with zero attached hydrogens (tertiary/aromatic N) is 1. The number of hydrogen-bond acceptors (Lipinski definition) is 4. The van der Waals surface area contributed by atoms with Crippen LogP contribution in [0.5, 0.6) is 0 Å². The Morgan fingerprint density at radius 2 is 1.95 bits per heavy atom. The summed E-state index contributed by atoms with van der Waals surface area (Å²) in [6.45, 7) is 0. The van der Waals surface area contributed by atoms with Gasteiger partial charge < -0.3 is 5.11 Å². The van der Waals surface area contributed by atoms with Crippen LogP contribution in [0.4, 0.5) is 5.69 Å². The molecule has 2 aromatic rings. The molecule has 0 aliphatic rings. The zero-order valence-corrected chi connectivity index (χ0v) is 11.2. The Labute approximate surface area is 116 Å². The summed E-state index contributed by atoms with van der Waals surface area (Å²) in [6, 6.07) is 9.29. The summed E-state index contributed by atoms with van der Waals surface area (Å²) in [5, 5.41) is 8.82. The number of nitrogens with one attached hydrogen (secondary N) is 1. The van der Waals surface area contributed by atoms with Crippen LogP contribution in [0.25, 0.3) is 0 Å². The zero-order valence-electron chi connectivity index (χ0n) is 10.4. The maximum absolute atomic E-state index is 12.1. The minimum Gasteiger partial charge on any atom is -0.481 e.